The molecule has 0 bridgehead atoms. The summed E-state index contributed by atoms with van der Waals surface area (Å²) in [5.74, 6) is 0. The zero-order chi connectivity index (χ0) is 11.7. The third kappa shape index (κ3) is 2.14. The summed E-state index contributed by atoms with van der Waals surface area (Å²) in [5.41, 5.74) is 9.56. The predicted octanol–water partition coefficient (Wildman–Crippen LogP) is 4.07. The van der Waals surface area contributed by atoms with E-state index in [-0.39, 0.29) is 6.04 Å². The van der Waals surface area contributed by atoms with Gasteiger partial charge in [0.15, 0.2) is 0 Å². The zero-order valence-electron chi connectivity index (χ0n) is 9.33. The molecule has 1 aromatic heterocycles. The Labute approximate surface area is 105 Å². The largest absolute Gasteiger partial charge is 0.320 e. The van der Waals surface area contributed by atoms with Crippen molar-refractivity contribution in [3.05, 3.63) is 56.2 Å². The van der Waals surface area contributed by atoms with Crippen LogP contribution >= 0.6 is 22.9 Å². The highest BCUT2D eigenvalue weighted by molar-refractivity contribution is 7.10. The van der Waals surface area contributed by atoms with E-state index >= 15 is 0 Å². The molecule has 0 spiro atoms. The molecule has 2 rings (SSSR count). The summed E-state index contributed by atoms with van der Waals surface area (Å²) < 4.78 is 0. The fourth-order valence-electron chi connectivity index (χ4n) is 1.70. The van der Waals surface area contributed by atoms with Gasteiger partial charge in [-0.3, -0.25) is 0 Å². The molecule has 0 saturated heterocycles. The molecule has 1 atom stereocenters. The zero-order valence-corrected chi connectivity index (χ0v) is 10.9. The maximum atomic E-state index is 6.23. The van der Waals surface area contributed by atoms with Gasteiger partial charge in [-0.15, -0.1) is 11.3 Å². The quantitative estimate of drug-likeness (QED) is 0.856. The molecule has 2 aromatic rings. The van der Waals surface area contributed by atoms with Crippen molar-refractivity contribution in [2.75, 3.05) is 0 Å². The smallest absolute Gasteiger partial charge is 0.0563 e. The van der Waals surface area contributed by atoms with Crippen molar-refractivity contribution in [2.24, 2.45) is 5.73 Å². The van der Waals surface area contributed by atoms with E-state index in [1.54, 1.807) is 11.3 Å². The number of benzene rings is 1. The number of nitrogens with two attached hydrogens (primary N) is 1. The Hall–Kier alpha value is -0.830. The Morgan fingerprint density at radius 1 is 1.25 bits per heavy atom. The molecule has 3 heteroatoms. The molecule has 0 aliphatic heterocycles. The molecule has 84 valence electrons. The van der Waals surface area contributed by atoms with E-state index in [0.717, 1.165) is 16.1 Å². The molecule has 1 unspecified atom stereocenters. The Balaban J connectivity index is 2.38. The molecule has 1 heterocycles. The van der Waals surface area contributed by atoms with Crippen molar-refractivity contribution < 1.29 is 0 Å². The second-order valence-electron chi connectivity index (χ2n) is 3.92. The lowest BCUT2D eigenvalue weighted by atomic mass is 9.99. The first kappa shape index (κ1) is 11.6. The van der Waals surface area contributed by atoms with Crippen molar-refractivity contribution in [2.45, 2.75) is 19.9 Å². The van der Waals surface area contributed by atoms with Gasteiger partial charge in [0.25, 0.3) is 0 Å². The van der Waals surface area contributed by atoms with E-state index in [1.807, 2.05) is 25.1 Å². The minimum Gasteiger partial charge on any atom is -0.320 e. The lowest BCUT2D eigenvalue weighted by Gasteiger charge is -2.13. The first-order valence-corrected chi connectivity index (χ1v) is 6.41. The van der Waals surface area contributed by atoms with Crippen LogP contribution in [0.5, 0.6) is 0 Å². The van der Waals surface area contributed by atoms with Crippen molar-refractivity contribution in [3.63, 3.8) is 0 Å². The van der Waals surface area contributed by atoms with Crippen LogP contribution in [0.2, 0.25) is 5.02 Å². The molecule has 0 aliphatic rings. The van der Waals surface area contributed by atoms with Gasteiger partial charge in [-0.2, -0.15) is 0 Å². The van der Waals surface area contributed by atoms with Gasteiger partial charge in [-0.25, -0.2) is 0 Å². The third-order valence-electron chi connectivity index (χ3n) is 2.79. The van der Waals surface area contributed by atoms with Gasteiger partial charge >= 0.3 is 0 Å². The van der Waals surface area contributed by atoms with Gasteiger partial charge in [0, 0.05) is 9.90 Å². The summed E-state index contributed by atoms with van der Waals surface area (Å²) in [6.07, 6.45) is 0. The van der Waals surface area contributed by atoms with Crippen LogP contribution in [-0.2, 0) is 0 Å². The van der Waals surface area contributed by atoms with Gasteiger partial charge in [0.05, 0.1) is 6.04 Å². The van der Waals surface area contributed by atoms with E-state index in [9.17, 15) is 0 Å². The van der Waals surface area contributed by atoms with Crippen molar-refractivity contribution in [1.82, 2.24) is 0 Å². The Morgan fingerprint density at radius 3 is 2.56 bits per heavy atom. The first-order valence-electron chi connectivity index (χ1n) is 5.15. The molecule has 1 aromatic carbocycles. The van der Waals surface area contributed by atoms with Crippen molar-refractivity contribution >= 4 is 22.9 Å². The summed E-state index contributed by atoms with van der Waals surface area (Å²) in [6.45, 7) is 4.09. The Kier molecular flexibility index (Phi) is 3.33. The van der Waals surface area contributed by atoms with Crippen molar-refractivity contribution in [3.8, 4) is 0 Å². The van der Waals surface area contributed by atoms with E-state index in [1.165, 1.54) is 10.4 Å². The van der Waals surface area contributed by atoms with Crippen molar-refractivity contribution in [1.29, 1.82) is 0 Å². The second-order valence-corrected chi connectivity index (χ2v) is 5.45. The highest BCUT2D eigenvalue weighted by Gasteiger charge is 2.12. The topological polar surface area (TPSA) is 26.0 Å². The summed E-state index contributed by atoms with van der Waals surface area (Å²) in [7, 11) is 0. The van der Waals surface area contributed by atoms with Gasteiger partial charge in [-0.1, -0.05) is 23.7 Å². The van der Waals surface area contributed by atoms with Gasteiger partial charge in [0.1, 0.15) is 0 Å². The van der Waals surface area contributed by atoms with E-state index in [2.05, 4.69) is 18.4 Å². The lowest BCUT2D eigenvalue weighted by molar-refractivity contribution is 0.869. The molecule has 0 fully saturated rings. The second kappa shape index (κ2) is 4.58. The standard InChI is InChI=1S/C13H14ClNS/c1-8-3-4-10(7-12(8)14)13(15)11-5-6-16-9(11)2/h3-7,13H,15H2,1-2H3. The van der Waals surface area contributed by atoms with Crippen LogP contribution in [0.1, 0.15) is 27.6 Å². The van der Waals surface area contributed by atoms with Crippen LogP contribution in [0.3, 0.4) is 0 Å². The van der Waals surface area contributed by atoms with Gasteiger partial charge in [-0.05, 0) is 48.1 Å². The highest BCUT2D eigenvalue weighted by atomic mass is 35.5. The highest BCUT2D eigenvalue weighted by Crippen LogP contribution is 2.28. The fraction of sp³-hybridized carbons (Fsp3) is 0.231. The average Bonchev–Trinajstić information content (AvgIpc) is 2.67. The molecule has 1 nitrogen and oxygen atoms in total. The first-order chi connectivity index (χ1) is 7.59. The normalized spacial score (nSPS) is 12.8. The maximum Gasteiger partial charge on any atom is 0.0563 e. The monoisotopic (exact) mass is 251 g/mol. The van der Waals surface area contributed by atoms with Gasteiger partial charge < -0.3 is 5.73 Å². The van der Waals surface area contributed by atoms with Gasteiger partial charge in [0.2, 0.25) is 0 Å². The van der Waals surface area contributed by atoms with Crippen LogP contribution < -0.4 is 5.73 Å². The number of halogens is 1. The summed E-state index contributed by atoms with van der Waals surface area (Å²) in [6, 6.07) is 8.02. The number of thiophene rings is 1. The minimum absolute atomic E-state index is 0.0793. The SMILES string of the molecule is Cc1ccc(C(N)c2ccsc2C)cc1Cl. The average molecular weight is 252 g/mol. The molecule has 0 saturated carbocycles. The Bertz CT molecular complexity index is 504. The molecule has 0 aliphatic carbocycles. The van der Waals surface area contributed by atoms with Crippen LogP contribution in [-0.4, -0.2) is 0 Å². The molecule has 0 amide bonds. The molecule has 16 heavy (non-hydrogen) atoms. The molecule has 0 radical (unpaired) electrons. The summed E-state index contributed by atoms with van der Waals surface area (Å²) in [5, 5.41) is 2.85. The van der Waals surface area contributed by atoms with E-state index in [4.69, 9.17) is 17.3 Å². The van der Waals surface area contributed by atoms with Crippen LogP contribution in [0.15, 0.2) is 29.6 Å². The summed E-state index contributed by atoms with van der Waals surface area (Å²) >= 11 is 7.83. The Morgan fingerprint density at radius 2 is 2.00 bits per heavy atom. The molecular weight excluding hydrogens is 238 g/mol. The maximum absolute atomic E-state index is 6.23. The number of rotatable bonds is 2. The fourth-order valence-corrected chi connectivity index (χ4v) is 2.64. The third-order valence-corrected chi connectivity index (χ3v) is 4.06. The van der Waals surface area contributed by atoms with E-state index in [0.29, 0.717) is 0 Å². The molecule has 2 N–H and O–H groups in total. The van der Waals surface area contributed by atoms with Crippen LogP contribution in [0.4, 0.5) is 0 Å². The number of aryl methyl sites for hydroxylation is 2. The van der Waals surface area contributed by atoms with Crippen LogP contribution in [0.25, 0.3) is 0 Å². The number of hydrogen-bond donors (Lipinski definition) is 1. The number of hydrogen-bond acceptors (Lipinski definition) is 2. The minimum atomic E-state index is -0.0793. The van der Waals surface area contributed by atoms with Crippen LogP contribution in [0, 0.1) is 13.8 Å². The summed E-state index contributed by atoms with van der Waals surface area (Å²) in [4.78, 5) is 1.27. The van der Waals surface area contributed by atoms with E-state index < -0.39 is 0 Å². The molecular formula is C13H14ClNS. The lowest BCUT2D eigenvalue weighted by Crippen LogP contribution is -2.11. The predicted molar refractivity (Wildman–Crippen MR) is 71.3 cm³/mol.